The van der Waals surface area contributed by atoms with Crippen LogP contribution in [0.2, 0.25) is 0 Å². The van der Waals surface area contributed by atoms with Crippen LogP contribution < -0.4 is 10.9 Å². The molecule has 0 spiro atoms. The third kappa shape index (κ3) is 3.86. The van der Waals surface area contributed by atoms with Crippen molar-refractivity contribution in [3.63, 3.8) is 0 Å². The quantitative estimate of drug-likeness (QED) is 0.501. The molecule has 5 rings (SSSR count). The first-order chi connectivity index (χ1) is 16.0. The maximum absolute atomic E-state index is 13.3. The number of nitrogens with zero attached hydrogens (tertiary/aromatic N) is 3. The second-order valence-electron chi connectivity index (χ2n) is 8.78. The highest BCUT2D eigenvalue weighted by atomic mass is 16.2. The van der Waals surface area contributed by atoms with Crippen molar-refractivity contribution >= 4 is 16.9 Å². The van der Waals surface area contributed by atoms with Crippen LogP contribution in [0.1, 0.15) is 47.7 Å². The molecule has 6 heteroatoms. The maximum Gasteiger partial charge on any atom is 0.263 e. The zero-order valence-corrected chi connectivity index (χ0v) is 19.0. The van der Waals surface area contributed by atoms with E-state index in [0.29, 0.717) is 17.6 Å². The third-order valence-electron chi connectivity index (χ3n) is 6.78. The Kier molecular flexibility index (Phi) is 5.58. The zero-order valence-electron chi connectivity index (χ0n) is 19.0. The van der Waals surface area contributed by atoms with E-state index in [-0.39, 0.29) is 23.9 Å². The summed E-state index contributed by atoms with van der Waals surface area (Å²) in [6, 6.07) is 18.3. The molecule has 4 aromatic rings. The van der Waals surface area contributed by atoms with Crippen molar-refractivity contribution < 1.29 is 4.79 Å². The van der Waals surface area contributed by atoms with Crippen LogP contribution in [0.3, 0.4) is 0 Å². The molecule has 2 aromatic carbocycles. The summed E-state index contributed by atoms with van der Waals surface area (Å²) in [6.45, 7) is 4.26. The van der Waals surface area contributed by atoms with E-state index in [1.165, 1.54) is 11.1 Å². The van der Waals surface area contributed by atoms with Crippen LogP contribution in [0.25, 0.3) is 16.7 Å². The van der Waals surface area contributed by atoms with Crippen molar-refractivity contribution in [2.75, 3.05) is 0 Å². The standard InChI is InChI=1S/C27H28N4O2/c1-18-19(2)31(21-11-4-3-5-12-21)26-25(18)27(33)30(17-28-26)16-15-24(32)29-23-14-8-10-20-9-6-7-13-22(20)23/h3-7,9,11-13,17,23H,8,10,14-16H2,1-2H3,(H,29,32)/t23-/m1/s1. The number of aromatic nitrogens is 3. The van der Waals surface area contributed by atoms with Crippen LogP contribution in [0.4, 0.5) is 0 Å². The van der Waals surface area contributed by atoms with Gasteiger partial charge in [-0.1, -0.05) is 42.5 Å². The molecule has 1 amide bonds. The van der Waals surface area contributed by atoms with E-state index in [1.807, 2.05) is 60.9 Å². The number of benzene rings is 2. The van der Waals surface area contributed by atoms with E-state index in [1.54, 1.807) is 10.9 Å². The summed E-state index contributed by atoms with van der Waals surface area (Å²) in [5.41, 5.74) is 5.97. The van der Waals surface area contributed by atoms with Gasteiger partial charge >= 0.3 is 0 Å². The number of amides is 1. The van der Waals surface area contributed by atoms with Crippen molar-refractivity contribution in [1.82, 2.24) is 19.4 Å². The maximum atomic E-state index is 13.3. The van der Waals surface area contributed by atoms with Crippen molar-refractivity contribution in [1.29, 1.82) is 0 Å². The number of rotatable bonds is 5. The summed E-state index contributed by atoms with van der Waals surface area (Å²) >= 11 is 0. The first-order valence-electron chi connectivity index (χ1n) is 11.5. The number of carbonyl (C=O) groups excluding carboxylic acids is 1. The van der Waals surface area contributed by atoms with Crippen molar-refractivity contribution in [3.05, 3.63) is 93.7 Å². The molecule has 1 aliphatic rings. The van der Waals surface area contributed by atoms with Gasteiger partial charge in [-0.15, -0.1) is 0 Å². The number of hydrogen-bond donors (Lipinski definition) is 1. The molecule has 1 atom stereocenters. The largest absolute Gasteiger partial charge is 0.349 e. The van der Waals surface area contributed by atoms with Gasteiger partial charge < -0.3 is 5.32 Å². The van der Waals surface area contributed by atoms with Crippen LogP contribution >= 0.6 is 0 Å². The monoisotopic (exact) mass is 440 g/mol. The molecule has 33 heavy (non-hydrogen) atoms. The number of nitrogens with one attached hydrogen (secondary N) is 1. The van der Waals surface area contributed by atoms with Crippen LogP contribution in [0.15, 0.2) is 65.7 Å². The van der Waals surface area contributed by atoms with E-state index in [4.69, 9.17) is 0 Å². The predicted octanol–water partition coefficient (Wildman–Crippen LogP) is 4.39. The smallest absolute Gasteiger partial charge is 0.263 e. The summed E-state index contributed by atoms with van der Waals surface area (Å²) in [4.78, 5) is 30.6. The Bertz CT molecular complexity index is 1380. The fraction of sp³-hybridized carbons (Fsp3) is 0.296. The molecule has 0 saturated heterocycles. The lowest BCUT2D eigenvalue weighted by atomic mass is 9.88. The lowest BCUT2D eigenvalue weighted by Crippen LogP contribution is -2.32. The summed E-state index contributed by atoms with van der Waals surface area (Å²) in [5, 5.41) is 3.78. The minimum atomic E-state index is -0.105. The molecule has 0 bridgehead atoms. The lowest BCUT2D eigenvalue weighted by Gasteiger charge is -2.26. The Balaban J connectivity index is 1.36. The minimum Gasteiger partial charge on any atom is -0.349 e. The Morgan fingerprint density at radius 3 is 2.67 bits per heavy atom. The van der Waals surface area contributed by atoms with E-state index < -0.39 is 0 Å². The highest BCUT2D eigenvalue weighted by Crippen LogP contribution is 2.29. The molecule has 0 fully saturated rings. The Hall–Kier alpha value is -3.67. The molecule has 6 nitrogen and oxygen atoms in total. The van der Waals surface area contributed by atoms with Gasteiger partial charge in [-0.2, -0.15) is 0 Å². The van der Waals surface area contributed by atoms with Crippen molar-refractivity contribution in [2.45, 2.75) is 52.1 Å². The van der Waals surface area contributed by atoms with Gasteiger partial charge in [0.25, 0.3) is 5.56 Å². The van der Waals surface area contributed by atoms with Gasteiger partial charge in [0.05, 0.1) is 17.8 Å². The highest BCUT2D eigenvalue weighted by Gasteiger charge is 2.22. The average molecular weight is 441 g/mol. The van der Waals surface area contributed by atoms with Gasteiger partial charge in [0, 0.05) is 24.3 Å². The Labute approximate surface area is 192 Å². The Morgan fingerprint density at radius 2 is 1.85 bits per heavy atom. The zero-order chi connectivity index (χ0) is 22.9. The summed E-state index contributed by atoms with van der Waals surface area (Å²) in [7, 11) is 0. The fourth-order valence-electron chi connectivity index (χ4n) is 4.93. The van der Waals surface area contributed by atoms with Crippen LogP contribution in [-0.4, -0.2) is 20.0 Å². The molecule has 2 heterocycles. The molecule has 0 radical (unpaired) electrons. The Morgan fingerprint density at radius 1 is 1.09 bits per heavy atom. The normalized spacial score (nSPS) is 15.4. The first kappa shape index (κ1) is 21.2. The first-order valence-corrected chi connectivity index (χ1v) is 11.5. The van der Waals surface area contributed by atoms with E-state index in [0.717, 1.165) is 36.2 Å². The molecule has 168 valence electrons. The second kappa shape index (κ2) is 8.70. The minimum absolute atomic E-state index is 0.0431. The summed E-state index contributed by atoms with van der Waals surface area (Å²) < 4.78 is 3.57. The second-order valence-corrected chi connectivity index (χ2v) is 8.78. The van der Waals surface area contributed by atoms with Crippen molar-refractivity contribution in [3.8, 4) is 5.69 Å². The highest BCUT2D eigenvalue weighted by molar-refractivity contribution is 5.83. The van der Waals surface area contributed by atoms with Gasteiger partial charge in [-0.3, -0.25) is 18.7 Å². The molecular formula is C27H28N4O2. The molecule has 0 unspecified atom stereocenters. The van der Waals surface area contributed by atoms with Crippen LogP contribution in [0.5, 0.6) is 0 Å². The van der Waals surface area contributed by atoms with Gasteiger partial charge in [0.1, 0.15) is 0 Å². The number of aryl methyl sites for hydroxylation is 3. The van der Waals surface area contributed by atoms with Gasteiger partial charge in [0.15, 0.2) is 5.65 Å². The summed E-state index contributed by atoms with van der Waals surface area (Å²) in [6.07, 6.45) is 4.88. The van der Waals surface area contributed by atoms with Crippen LogP contribution in [-0.2, 0) is 17.8 Å². The van der Waals surface area contributed by atoms with E-state index in [2.05, 4.69) is 22.4 Å². The van der Waals surface area contributed by atoms with Gasteiger partial charge in [-0.05, 0) is 61.9 Å². The molecule has 2 aromatic heterocycles. The van der Waals surface area contributed by atoms with Crippen LogP contribution in [0, 0.1) is 13.8 Å². The lowest BCUT2D eigenvalue weighted by molar-refractivity contribution is -0.122. The van der Waals surface area contributed by atoms with E-state index >= 15 is 0 Å². The molecule has 1 aliphatic carbocycles. The number of fused-ring (bicyclic) bond motifs is 2. The number of carbonyl (C=O) groups is 1. The van der Waals surface area contributed by atoms with Crippen molar-refractivity contribution in [2.24, 2.45) is 0 Å². The van der Waals surface area contributed by atoms with E-state index in [9.17, 15) is 9.59 Å². The average Bonchev–Trinajstić information content (AvgIpc) is 3.10. The third-order valence-corrected chi connectivity index (χ3v) is 6.78. The molecule has 1 N–H and O–H groups in total. The molecule has 0 saturated carbocycles. The SMILES string of the molecule is Cc1c(C)n(-c2ccccc2)c2ncn(CCC(=O)N[C@@H]3CCCc4ccccc43)c(=O)c12. The summed E-state index contributed by atoms with van der Waals surface area (Å²) in [5.74, 6) is -0.0431. The topological polar surface area (TPSA) is 68.9 Å². The number of para-hydroxylation sites is 1. The number of hydrogen-bond acceptors (Lipinski definition) is 3. The molecule has 0 aliphatic heterocycles. The predicted molar refractivity (Wildman–Crippen MR) is 130 cm³/mol. The van der Waals surface area contributed by atoms with Gasteiger partial charge in [0.2, 0.25) is 5.91 Å². The van der Waals surface area contributed by atoms with Gasteiger partial charge in [-0.25, -0.2) is 4.98 Å². The fourth-order valence-corrected chi connectivity index (χ4v) is 4.93. The molecular weight excluding hydrogens is 412 g/mol.